The molecule has 0 aliphatic rings. The van der Waals surface area contributed by atoms with Crippen LogP contribution in [-0.4, -0.2) is 27.1 Å². The number of methoxy groups -OCH3 is 1. The number of hydrogen-bond acceptors (Lipinski definition) is 5. The van der Waals surface area contributed by atoms with Gasteiger partial charge < -0.3 is 15.6 Å². The van der Waals surface area contributed by atoms with E-state index in [1.165, 1.54) is 21.3 Å². The first-order chi connectivity index (χ1) is 14.4. The second-order valence-corrected chi connectivity index (χ2v) is 8.17. The van der Waals surface area contributed by atoms with Crippen molar-refractivity contribution in [3.63, 3.8) is 0 Å². The molecule has 4 rings (SSSR count). The van der Waals surface area contributed by atoms with Crippen LogP contribution in [0, 0.1) is 5.82 Å². The van der Waals surface area contributed by atoms with Crippen molar-refractivity contribution in [3.05, 3.63) is 66.2 Å². The van der Waals surface area contributed by atoms with Crippen LogP contribution in [0.15, 0.2) is 54.9 Å². The molecule has 0 radical (unpaired) electrons. The number of nitrogens with two attached hydrogens (primary N) is 1. The van der Waals surface area contributed by atoms with Gasteiger partial charge in [-0.15, -0.1) is 0 Å². The van der Waals surface area contributed by atoms with E-state index in [9.17, 15) is 14.3 Å². The zero-order valence-electron chi connectivity index (χ0n) is 15.6. The molecule has 9 heteroatoms. The number of carboxylic acid groups (broad SMARTS) is 1. The lowest BCUT2D eigenvalue weighted by atomic mass is 9.99. The SMILES string of the molecule is COc1ccccc1-c1cn(SI)c2ncc(-c3cc(F)c(N)c(C(=O)O)c3)cc12. The highest BCUT2D eigenvalue weighted by atomic mass is 127. The predicted octanol–water partition coefficient (Wildman–Crippen LogP) is 5.64. The van der Waals surface area contributed by atoms with Crippen molar-refractivity contribution in [2.24, 2.45) is 0 Å². The van der Waals surface area contributed by atoms with Gasteiger partial charge in [0.05, 0.1) is 18.4 Å². The molecule has 152 valence electrons. The molecule has 0 bridgehead atoms. The standard InChI is InChI=1S/C21H15FIN3O3S/c1-29-18-5-3-2-4-13(18)16-10-26(30-23)20-14(16)7-12(9-25-20)11-6-15(21(27)28)19(24)17(22)8-11/h2-10H,24H2,1H3,(H,27,28). The molecule has 0 unspecified atom stereocenters. The van der Waals surface area contributed by atoms with E-state index in [0.717, 1.165) is 22.2 Å². The molecule has 3 N–H and O–H groups in total. The van der Waals surface area contributed by atoms with Crippen molar-refractivity contribution < 1.29 is 19.0 Å². The minimum atomic E-state index is -1.29. The zero-order valence-corrected chi connectivity index (χ0v) is 18.6. The number of fused-ring (bicyclic) bond motifs is 1. The molecule has 0 amide bonds. The van der Waals surface area contributed by atoms with Gasteiger partial charge in [0.1, 0.15) is 11.6 Å². The number of carboxylic acids is 1. The van der Waals surface area contributed by atoms with E-state index >= 15 is 0 Å². The van der Waals surface area contributed by atoms with E-state index in [1.807, 2.05) is 40.5 Å². The number of nitrogens with zero attached hydrogens (tertiary/aromatic N) is 2. The first-order valence-corrected chi connectivity index (χ1v) is 12.0. The molecular weight excluding hydrogens is 520 g/mol. The lowest BCUT2D eigenvalue weighted by Crippen LogP contribution is -2.05. The van der Waals surface area contributed by atoms with Gasteiger partial charge in [0.15, 0.2) is 5.65 Å². The van der Waals surface area contributed by atoms with E-state index in [1.54, 1.807) is 13.3 Å². The fraction of sp³-hybridized carbons (Fsp3) is 0.0476. The number of carbonyl (C=O) groups is 1. The minimum Gasteiger partial charge on any atom is -0.496 e. The van der Waals surface area contributed by atoms with Gasteiger partial charge in [0.25, 0.3) is 0 Å². The number of halogens is 2. The lowest BCUT2D eigenvalue weighted by molar-refractivity contribution is 0.0697. The van der Waals surface area contributed by atoms with Gasteiger partial charge in [-0.05, 0) is 29.8 Å². The maximum absolute atomic E-state index is 14.3. The van der Waals surface area contributed by atoms with Crippen molar-refractivity contribution in [2.75, 3.05) is 12.8 Å². The number of aromatic nitrogens is 2. The number of aromatic carboxylic acids is 1. The highest BCUT2D eigenvalue weighted by molar-refractivity contribution is 14.2. The number of nitrogen functional groups attached to an aromatic ring is 1. The van der Waals surface area contributed by atoms with Crippen molar-refractivity contribution in [2.45, 2.75) is 0 Å². The maximum Gasteiger partial charge on any atom is 0.337 e. The molecular formula is C21H15FIN3O3S. The Kier molecular flexibility index (Phi) is 5.56. The molecule has 0 saturated carbocycles. The summed E-state index contributed by atoms with van der Waals surface area (Å²) in [6.45, 7) is 0. The molecule has 2 aromatic carbocycles. The second-order valence-electron chi connectivity index (χ2n) is 6.46. The number of anilines is 1. The molecule has 2 heterocycles. The van der Waals surface area contributed by atoms with E-state index in [-0.39, 0.29) is 11.3 Å². The van der Waals surface area contributed by atoms with Crippen LogP contribution in [-0.2, 0) is 0 Å². The number of ether oxygens (including phenoxy) is 1. The van der Waals surface area contributed by atoms with Gasteiger partial charge in [0.2, 0.25) is 0 Å². The molecule has 0 aliphatic heterocycles. The molecule has 0 saturated heterocycles. The quantitative estimate of drug-likeness (QED) is 0.254. The summed E-state index contributed by atoms with van der Waals surface area (Å²) in [5.41, 5.74) is 8.40. The van der Waals surface area contributed by atoms with Crippen molar-refractivity contribution in [3.8, 4) is 28.0 Å². The van der Waals surface area contributed by atoms with Crippen LogP contribution in [0.25, 0.3) is 33.3 Å². The van der Waals surface area contributed by atoms with E-state index < -0.39 is 11.8 Å². The number of para-hydroxylation sites is 1. The summed E-state index contributed by atoms with van der Waals surface area (Å²) in [5.74, 6) is -1.35. The molecule has 0 atom stereocenters. The van der Waals surface area contributed by atoms with Crippen LogP contribution < -0.4 is 10.5 Å². The smallest absolute Gasteiger partial charge is 0.337 e. The second kappa shape index (κ2) is 8.15. The maximum atomic E-state index is 14.3. The fourth-order valence-electron chi connectivity index (χ4n) is 3.33. The number of benzene rings is 2. The van der Waals surface area contributed by atoms with Crippen LogP contribution in [0.3, 0.4) is 0 Å². The first kappa shape index (κ1) is 20.5. The summed E-state index contributed by atoms with van der Waals surface area (Å²) < 4.78 is 21.7. The third-order valence-electron chi connectivity index (χ3n) is 4.78. The third-order valence-corrected chi connectivity index (χ3v) is 6.48. The zero-order chi connectivity index (χ0) is 21.4. The van der Waals surface area contributed by atoms with Crippen LogP contribution in [0.1, 0.15) is 10.4 Å². The van der Waals surface area contributed by atoms with E-state index in [4.69, 9.17) is 10.5 Å². The van der Waals surface area contributed by atoms with Gasteiger partial charge in [-0.3, -0.25) is 3.97 Å². The lowest BCUT2D eigenvalue weighted by Gasteiger charge is -2.09. The van der Waals surface area contributed by atoms with Crippen molar-refractivity contribution >= 4 is 53.0 Å². The van der Waals surface area contributed by atoms with E-state index in [2.05, 4.69) is 26.2 Å². The molecule has 30 heavy (non-hydrogen) atoms. The Balaban J connectivity index is 1.97. The summed E-state index contributed by atoms with van der Waals surface area (Å²) in [6, 6.07) is 12.1. The fourth-order valence-corrected chi connectivity index (χ4v) is 4.59. The topological polar surface area (TPSA) is 90.4 Å². The van der Waals surface area contributed by atoms with Crippen LogP contribution in [0.2, 0.25) is 0 Å². The van der Waals surface area contributed by atoms with Crippen LogP contribution in [0.4, 0.5) is 10.1 Å². The summed E-state index contributed by atoms with van der Waals surface area (Å²) in [4.78, 5) is 16.0. The summed E-state index contributed by atoms with van der Waals surface area (Å²) in [6.07, 6.45) is 3.55. The average Bonchev–Trinajstić information content (AvgIpc) is 3.13. The molecule has 4 aromatic rings. The highest BCUT2D eigenvalue weighted by Gasteiger charge is 2.18. The average molecular weight is 535 g/mol. The summed E-state index contributed by atoms with van der Waals surface area (Å²) >= 11 is 2.17. The Labute approximate surface area is 187 Å². The van der Waals surface area contributed by atoms with Crippen molar-refractivity contribution in [1.29, 1.82) is 0 Å². The van der Waals surface area contributed by atoms with Crippen LogP contribution in [0.5, 0.6) is 5.75 Å². The highest BCUT2D eigenvalue weighted by Crippen LogP contribution is 2.39. The third kappa shape index (κ3) is 3.47. The Bertz CT molecular complexity index is 1290. The number of rotatable bonds is 5. The normalized spacial score (nSPS) is 11.0. The predicted molar refractivity (Wildman–Crippen MR) is 125 cm³/mol. The first-order valence-electron chi connectivity index (χ1n) is 8.71. The Morgan fingerprint density at radius 1 is 1.23 bits per heavy atom. The summed E-state index contributed by atoms with van der Waals surface area (Å²) in [7, 11) is 3.08. The molecule has 2 aromatic heterocycles. The van der Waals surface area contributed by atoms with Gasteiger partial charge in [-0.1, -0.05) is 18.2 Å². The Hall–Kier alpha value is -2.79. The van der Waals surface area contributed by atoms with Gasteiger partial charge in [0, 0.05) is 64.8 Å². The Morgan fingerprint density at radius 3 is 2.70 bits per heavy atom. The van der Waals surface area contributed by atoms with Gasteiger partial charge in [-0.2, -0.15) is 0 Å². The number of pyridine rings is 1. The minimum absolute atomic E-state index is 0.282. The van der Waals surface area contributed by atoms with Gasteiger partial charge in [-0.25, -0.2) is 14.2 Å². The van der Waals surface area contributed by atoms with Gasteiger partial charge >= 0.3 is 5.97 Å². The molecule has 0 aliphatic carbocycles. The number of hydrogen-bond donors (Lipinski definition) is 2. The van der Waals surface area contributed by atoms with Crippen molar-refractivity contribution in [1.82, 2.24) is 8.96 Å². The Morgan fingerprint density at radius 2 is 2.00 bits per heavy atom. The van der Waals surface area contributed by atoms with E-state index in [0.29, 0.717) is 16.9 Å². The monoisotopic (exact) mass is 535 g/mol. The molecule has 0 spiro atoms. The van der Waals surface area contributed by atoms with Crippen LogP contribution >= 0.6 is 30.3 Å². The summed E-state index contributed by atoms with van der Waals surface area (Å²) in [5, 5.41) is 10.2. The largest absolute Gasteiger partial charge is 0.496 e. The molecule has 6 nitrogen and oxygen atoms in total. The molecule has 0 fully saturated rings.